The smallest absolute Gasteiger partial charge is 0.295 e. The first kappa shape index (κ1) is 13.9. The molecule has 0 saturated carbocycles. The molecule has 0 spiro atoms. The number of aromatic nitrogens is 1. The van der Waals surface area contributed by atoms with Crippen LogP contribution in [0.5, 0.6) is 0 Å². The Morgan fingerprint density at radius 1 is 1.53 bits per heavy atom. The molecule has 1 aliphatic rings. The van der Waals surface area contributed by atoms with Crippen LogP contribution >= 0.6 is 15.9 Å². The molecule has 0 bridgehead atoms. The van der Waals surface area contributed by atoms with Gasteiger partial charge in [-0.1, -0.05) is 0 Å². The van der Waals surface area contributed by atoms with Crippen molar-refractivity contribution in [2.75, 3.05) is 11.4 Å². The third-order valence-electron chi connectivity index (χ3n) is 2.76. The van der Waals surface area contributed by atoms with Crippen molar-refractivity contribution < 1.29 is 18.0 Å². The van der Waals surface area contributed by atoms with Crippen LogP contribution in [0.4, 0.5) is 19.0 Å². The molecule has 1 aromatic rings. The maximum Gasteiger partial charge on any atom is 0.420 e. The Labute approximate surface area is 115 Å². The van der Waals surface area contributed by atoms with E-state index in [0.29, 0.717) is 0 Å². The third kappa shape index (κ3) is 2.73. The fourth-order valence-electron chi connectivity index (χ4n) is 1.88. The number of nitrogens with zero attached hydrogens (tertiary/aromatic N) is 2. The largest absolute Gasteiger partial charge is 0.420 e. The Bertz CT molecular complexity index is 565. The van der Waals surface area contributed by atoms with Crippen molar-refractivity contribution in [1.29, 1.82) is 0 Å². The average molecular weight is 333 g/mol. The van der Waals surface area contributed by atoms with E-state index in [1.54, 1.807) is 0 Å². The van der Waals surface area contributed by atoms with Gasteiger partial charge in [0, 0.05) is 29.6 Å². The van der Waals surface area contributed by atoms with Gasteiger partial charge >= 0.3 is 6.18 Å². The molecule has 1 saturated heterocycles. The van der Waals surface area contributed by atoms with Gasteiger partial charge in [0.15, 0.2) is 0 Å². The number of anilines is 1. The van der Waals surface area contributed by atoms with Crippen LogP contribution in [-0.4, -0.2) is 17.4 Å². The zero-order chi connectivity index (χ0) is 14.2. The summed E-state index contributed by atoms with van der Waals surface area (Å²) in [6.45, 7) is 0.0625. The second-order valence-corrected chi connectivity index (χ2v) is 5.01. The van der Waals surface area contributed by atoms with Crippen LogP contribution in [0.15, 0.2) is 16.7 Å². The molecule has 2 heterocycles. The Morgan fingerprint density at radius 2 is 2.21 bits per heavy atom. The van der Waals surface area contributed by atoms with Crippen LogP contribution < -0.4 is 4.90 Å². The first-order chi connectivity index (χ1) is 8.82. The normalized spacial score (nSPS) is 19.6. The van der Waals surface area contributed by atoms with E-state index in [2.05, 4.69) is 26.8 Å². The van der Waals surface area contributed by atoms with Gasteiger partial charge in [0.05, 0.1) is 5.56 Å². The first-order valence-electron chi connectivity index (χ1n) is 5.32. The first-order valence-corrected chi connectivity index (χ1v) is 6.11. The summed E-state index contributed by atoms with van der Waals surface area (Å²) in [5.41, 5.74) is -0.951. The number of carbonyl (C=O) groups excluding carboxylic acids is 1. The number of amides is 1. The maximum absolute atomic E-state index is 12.9. The molecule has 1 fully saturated rings. The SMILES string of the molecule is C#CC1CC(=O)N(c2ncc(Br)cc2C(F)(F)F)C1. The van der Waals surface area contributed by atoms with Gasteiger partial charge < -0.3 is 0 Å². The molecule has 1 atom stereocenters. The quantitative estimate of drug-likeness (QED) is 0.741. The molecular weight excluding hydrogens is 325 g/mol. The van der Waals surface area contributed by atoms with Crippen LogP contribution in [0.2, 0.25) is 0 Å². The van der Waals surface area contributed by atoms with Crippen molar-refractivity contribution in [1.82, 2.24) is 4.98 Å². The molecule has 2 rings (SSSR count). The Balaban J connectivity index is 2.46. The van der Waals surface area contributed by atoms with Crippen LogP contribution in [-0.2, 0) is 11.0 Å². The predicted octanol–water partition coefficient (Wildman–Crippen LogP) is 2.85. The van der Waals surface area contributed by atoms with Gasteiger partial charge in [0.2, 0.25) is 5.91 Å². The van der Waals surface area contributed by atoms with E-state index in [1.807, 2.05) is 0 Å². The van der Waals surface area contributed by atoms with Gasteiger partial charge in [-0.15, -0.1) is 12.3 Å². The fourth-order valence-corrected chi connectivity index (χ4v) is 2.21. The van der Waals surface area contributed by atoms with Crippen LogP contribution in [0, 0.1) is 18.3 Å². The van der Waals surface area contributed by atoms with Crippen molar-refractivity contribution in [2.24, 2.45) is 5.92 Å². The van der Waals surface area contributed by atoms with Gasteiger partial charge in [0.25, 0.3) is 0 Å². The van der Waals surface area contributed by atoms with E-state index in [-0.39, 0.29) is 23.4 Å². The predicted molar refractivity (Wildman–Crippen MR) is 66.2 cm³/mol. The minimum atomic E-state index is -4.58. The molecular formula is C12H8BrF3N2O. The third-order valence-corrected chi connectivity index (χ3v) is 3.19. The molecule has 0 radical (unpaired) electrons. The van der Waals surface area contributed by atoms with E-state index in [0.717, 1.165) is 11.0 Å². The van der Waals surface area contributed by atoms with Gasteiger partial charge in [-0.2, -0.15) is 13.2 Å². The summed E-state index contributed by atoms with van der Waals surface area (Å²) in [5.74, 6) is 1.18. The van der Waals surface area contributed by atoms with Gasteiger partial charge in [-0.3, -0.25) is 9.69 Å². The summed E-state index contributed by atoms with van der Waals surface area (Å²) in [7, 11) is 0. The number of hydrogen-bond acceptors (Lipinski definition) is 2. The molecule has 1 aliphatic heterocycles. The molecule has 0 aliphatic carbocycles. The Hall–Kier alpha value is -1.55. The molecule has 3 nitrogen and oxygen atoms in total. The Kier molecular flexibility index (Phi) is 3.54. The van der Waals surface area contributed by atoms with Crippen LogP contribution in [0.1, 0.15) is 12.0 Å². The average Bonchev–Trinajstić information content (AvgIpc) is 2.69. The fraction of sp³-hybridized carbons (Fsp3) is 0.333. The minimum absolute atomic E-state index is 0.0472. The highest BCUT2D eigenvalue weighted by atomic mass is 79.9. The number of hydrogen-bond donors (Lipinski definition) is 0. The number of alkyl halides is 3. The standard InChI is InChI=1S/C12H8BrF3N2O/c1-2-7-3-10(19)18(6-7)11-9(12(14,15)16)4-8(13)5-17-11/h1,4-5,7H,3,6H2. The monoisotopic (exact) mass is 332 g/mol. The molecule has 0 N–H and O–H groups in total. The molecule has 1 aromatic heterocycles. The highest BCUT2D eigenvalue weighted by Crippen LogP contribution is 2.38. The molecule has 19 heavy (non-hydrogen) atoms. The molecule has 0 aromatic carbocycles. The van der Waals surface area contributed by atoms with E-state index in [9.17, 15) is 18.0 Å². The summed E-state index contributed by atoms with van der Waals surface area (Å²) >= 11 is 2.94. The van der Waals surface area contributed by atoms with Crippen LogP contribution in [0.25, 0.3) is 0 Å². The van der Waals surface area contributed by atoms with Crippen molar-refractivity contribution in [3.63, 3.8) is 0 Å². The Morgan fingerprint density at radius 3 is 2.74 bits per heavy atom. The molecule has 7 heteroatoms. The lowest BCUT2D eigenvalue weighted by Gasteiger charge is -2.20. The van der Waals surface area contributed by atoms with Gasteiger partial charge in [-0.25, -0.2) is 4.98 Å². The van der Waals surface area contributed by atoms with Crippen molar-refractivity contribution in [3.8, 4) is 12.3 Å². The lowest BCUT2D eigenvalue weighted by atomic mass is 10.1. The zero-order valence-corrected chi connectivity index (χ0v) is 11.1. The number of carbonyl (C=O) groups is 1. The summed E-state index contributed by atoms with van der Waals surface area (Å²) in [6.07, 6.45) is 1.89. The highest BCUT2D eigenvalue weighted by Gasteiger charge is 2.40. The molecule has 1 unspecified atom stereocenters. The van der Waals surface area contributed by atoms with E-state index >= 15 is 0 Å². The van der Waals surface area contributed by atoms with Crippen molar-refractivity contribution in [2.45, 2.75) is 12.6 Å². The van der Waals surface area contributed by atoms with E-state index in [1.165, 1.54) is 6.20 Å². The minimum Gasteiger partial charge on any atom is -0.295 e. The van der Waals surface area contributed by atoms with Crippen molar-refractivity contribution in [3.05, 3.63) is 22.3 Å². The van der Waals surface area contributed by atoms with Gasteiger partial charge in [-0.05, 0) is 22.0 Å². The number of pyridine rings is 1. The van der Waals surface area contributed by atoms with E-state index < -0.39 is 23.5 Å². The zero-order valence-electron chi connectivity index (χ0n) is 9.54. The highest BCUT2D eigenvalue weighted by molar-refractivity contribution is 9.10. The van der Waals surface area contributed by atoms with Crippen molar-refractivity contribution >= 4 is 27.7 Å². The maximum atomic E-state index is 12.9. The second-order valence-electron chi connectivity index (χ2n) is 4.09. The molecule has 1 amide bonds. The summed E-state index contributed by atoms with van der Waals surface area (Å²) in [6, 6.07) is 0.902. The second kappa shape index (κ2) is 4.85. The number of halogens is 4. The van der Waals surface area contributed by atoms with E-state index in [4.69, 9.17) is 6.42 Å². The molecule has 100 valence electrons. The summed E-state index contributed by atoms with van der Waals surface area (Å²) < 4.78 is 39.0. The topological polar surface area (TPSA) is 33.2 Å². The summed E-state index contributed by atoms with van der Waals surface area (Å²) in [4.78, 5) is 16.4. The number of rotatable bonds is 1. The lowest BCUT2D eigenvalue weighted by molar-refractivity contribution is -0.137. The lowest BCUT2D eigenvalue weighted by Crippen LogP contribution is -2.28. The number of terminal acetylenes is 1. The van der Waals surface area contributed by atoms with Crippen LogP contribution in [0.3, 0.4) is 0 Å². The van der Waals surface area contributed by atoms with Gasteiger partial charge in [0.1, 0.15) is 5.82 Å². The summed E-state index contributed by atoms with van der Waals surface area (Å²) in [5, 5.41) is 0.